The largest absolute Gasteiger partial charge is 0.449 e. The Balaban J connectivity index is 0.00000324. The van der Waals surface area contributed by atoms with Gasteiger partial charge < -0.3 is 4.74 Å². The summed E-state index contributed by atoms with van der Waals surface area (Å²) in [5.74, 6) is 0.308. The number of ether oxygens (including phenoxy) is 1. The molecule has 106 valence electrons. The predicted molar refractivity (Wildman–Crippen MR) is 78.5 cm³/mol. The van der Waals surface area contributed by atoms with Crippen LogP contribution in [0.5, 0.6) is 0 Å². The van der Waals surface area contributed by atoms with Crippen molar-refractivity contribution in [3.63, 3.8) is 0 Å². The second-order valence-corrected chi connectivity index (χ2v) is 4.34. The summed E-state index contributed by atoms with van der Waals surface area (Å²) in [6.07, 6.45) is 0.0192. The number of hydrogen-bond acceptors (Lipinski definition) is 3. The molecule has 1 aromatic carbocycles. The minimum atomic E-state index is -0.577. The molecule has 0 radical (unpaired) electrons. The van der Waals surface area contributed by atoms with Gasteiger partial charge in [0.15, 0.2) is 5.78 Å². The predicted octanol–water partition coefficient (Wildman–Crippen LogP) is 4.36. The topological polar surface area (TPSA) is 55.4 Å². The highest BCUT2D eigenvalue weighted by molar-refractivity contribution is 6.34. The van der Waals surface area contributed by atoms with Crippen molar-refractivity contribution in [3.8, 4) is 0 Å². The van der Waals surface area contributed by atoms with E-state index in [2.05, 4.69) is 5.32 Å². The molecule has 0 heterocycles. The summed E-state index contributed by atoms with van der Waals surface area (Å²) in [5.41, 5.74) is 0.888. The van der Waals surface area contributed by atoms with Gasteiger partial charge in [0.2, 0.25) is 0 Å². The zero-order valence-electron chi connectivity index (χ0n) is 9.83. The summed E-state index contributed by atoms with van der Waals surface area (Å²) in [7, 11) is 0. The second kappa shape index (κ2) is 8.77. The van der Waals surface area contributed by atoms with Gasteiger partial charge in [-0.05, 0) is 31.5 Å². The zero-order valence-corrected chi connectivity index (χ0v) is 11.3. The molecule has 0 fully saturated rings. The lowest BCUT2D eigenvalue weighted by atomic mass is 10.1. The molecule has 0 aliphatic carbocycles. The van der Waals surface area contributed by atoms with Crippen LogP contribution in [-0.4, -0.2) is 24.4 Å². The van der Waals surface area contributed by atoms with E-state index in [9.17, 15) is 9.59 Å². The van der Waals surface area contributed by atoms with Gasteiger partial charge >= 0.3 is 6.09 Å². The Morgan fingerprint density at radius 2 is 2.05 bits per heavy atom. The number of Topliss-reactive ketones (excluding diaryl/α,β-unsaturated/α-hetero) is 1. The number of nitrogens with one attached hydrogen (secondary N) is 1. The van der Waals surface area contributed by atoms with Gasteiger partial charge in [-0.25, -0.2) is 4.79 Å². The quantitative estimate of drug-likeness (QED) is 0.499. The minimum absolute atomic E-state index is 0. The minimum Gasteiger partial charge on any atom is -0.449 e. The van der Waals surface area contributed by atoms with Crippen LogP contribution in [0.25, 0.3) is 0 Å². The first-order valence-corrected chi connectivity index (χ1v) is 6.26. The van der Waals surface area contributed by atoms with Crippen LogP contribution in [0.15, 0.2) is 18.2 Å². The SMILES string of the molecule is C.CC(=O)c1ccc(NC(=O)OCCCCl)cc1Cl. The van der Waals surface area contributed by atoms with Crippen molar-refractivity contribution >= 4 is 40.8 Å². The number of amides is 1. The molecule has 1 rings (SSSR count). The van der Waals surface area contributed by atoms with Crippen LogP contribution in [-0.2, 0) is 4.74 Å². The third-order valence-corrected chi connectivity index (χ3v) is 2.69. The van der Waals surface area contributed by atoms with Gasteiger partial charge in [0.05, 0.1) is 11.6 Å². The molecule has 0 saturated heterocycles. The van der Waals surface area contributed by atoms with Crippen LogP contribution < -0.4 is 5.32 Å². The van der Waals surface area contributed by atoms with Crippen molar-refractivity contribution in [1.82, 2.24) is 0 Å². The molecule has 6 heteroatoms. The highest BCUT2D eigenvalue weighted by atomic mass is 35.5. The molecule has 0 aliphatic rings. The van der Waals surface area contributed by atoms with Crippen LogP contribution in [0.2, 0.25) is 5.02 Å². The molecule has 0 atom stereocenters. The molecule has 1 amide bonds. The zero-order chi connectivity index (χ0) is 13.5. The lowest BCUT2D eigenvalue weighted by Crippen LogP contribution is -2.14. The van der Waals surface area contributed by atoms with Gasteiger partial charge in [-0.1, -0.05) is 19.0 Å². The van der Waals surface area contributed by atoms with Crippen LogP contribution in [0, 0.1) is 0 Å². The summed E-state index contributed by atoms with van der Waals surface area (Å²) >= 11 is 11.4. The fourth-order valence-electron chi connectivity index (χ4n) is 1.25. The fourth-order valence-corrected chi connectivity index (χ4v) is 1.67. The number of rotatable bonds is 5. The van der Waals surface area contributed by atoms with Crippen LogP contribution >= 0.6 is 23.2 Å². The van der Waals surface area contributed by atoms with Crippen molar-refractivity contribution in [1.29, 1.82) is 0 Å². The number of anilines is 1. The molecule has 0 aromatic heterocycles. The Bertz CT molecular complexity index is 450. The maximum atomic E-state index is 11.3. The normalized spacial score (nSPS) is 9.42. The summed E-state index contributed by atoms with van der Waals surface area (Å²) in [5, 5.41) is 2.80. The number of hydrogen-bond donors (Lipinski definition) is 1. The average molecular weight is 306 g/mol. The Labute approximate surface area is 123 Å². The van der Waals surface area contributed by atoms with Gasteiger partial charge in [-0.15, -0.1) is 11.6 Å². The Morgan fingerprint density at radius 3 is 2.58 bits per heavy atom. The van der Waals surface area contributed by atoms with Crippen molar-refractivity contribution in [2.24, 2.45) is 0 Å². The summed E-state index contributed by atoms with van der Waals surface area (Å²) in [6, 6.07) is 4.64. The van der Waals surface area contributed by atoms with Crippen molar-refractivity contribution in [3.05, 3.63) is 28.8 Å². The number of ketones is 1. The molecule has 0 bridgehead atoms. The van der Waals surface area contributed by atoms with E-state index in [0.717, 1.165) is 0 Å². The Morgan fingerprint density at radius 1 is 1.37 bits per heavy atom. The molecule has 0 unspecified atom stereocenters. The van der Waals surface area contributed by atoms with E-state index in [1.54, 1.807) is 12.1 Å². The first kappa shape index (κ1) is 17.7. The molecule has 1 aromatic rings. The summed E-state index contributed by atoms with van der Waals surface area (Å²) < 4.78 is 4.86. The van der Waals surface area contributed by atoms with Crippen LogP contribution in [0.3, 0.4) is 0 Å². The lowest BCUT2D eigenvalue weighted by Gasteiger charge is -2.07. The molecule has 0 saturated carbocycles. The summed E-state index contributed by atoms with van der Waals surface area (Å²) in [4.78, 5) is 22.5. The number of carbonyl (C=O) groups excluding carboxylic acids is 2. The lowest BCUT2D eigenvalue weighted by molar-refractivity contribution is 0.101. The van der Waals surface area contributed by atoms with E-state index < -0.39 is 6.09 Å². The highest BCUT2D eigenvalue weighted by Gasteiger charge is 2.08. The number of carbonyl (C=O) groups is 2. The molecular formula is C13H17Cl2NO3. The fraction of sp³-hybridized carbons (Fsp3) is 0.385. The number of alkyl halides is 1. The molecule has 4 nitrogen and oxygen atoms in total. The molecule has 0 spiro atoms. The van der Waals surface area contributed by atoms with E-state index in [-0.39, 0.29) is 19.8 Å². The van der Waals surface area contributed by atoms with Crippen molar-refractivity contribution < 1.29 is 14.3 Å². The van der Waals surface area contributed by atoms with E-state index in [0.29, 0.717) is 28.6 Å². The standard InChI is InChI=1S/C12H13Cl2NO3.CH4/c1-8(16)10-4-3-9(7-11(10)14)15-12(17)18-6-2-5-13;/h3-4,7H,2,5-6H2,1H3,(H,15,17);1H4. The smallest absolute Gasteiger partial charge is 0.411 e. The molecular weight excluding hydrogens is 289 g/mol. The first-order chi connectivity index (χ1) is 8.54. The average Bonchev–Trinajstić information content (AvgIpc) is 2.28. The van der Waals surface area contributed by atoms with Crippen molar-refractivity contribution in [2.75, 3.05) is 17.8 Å². The van der Waals surface area contributed by atoms with E-state index in [1.165, 1.54) is 13.0 Å². The van der Waals surface area contributed by atoms with Crippen LogP contribution in [0.1, 0.15) is 31.1 Å². The van der Waals surface area contributed by atoms with Gasteiger partial charge in [-0.2, -0.15) is 0 Å². The third-order valence-electron chi connectivity index (χ3n) is 2.11. The highest BCUT2D eigenvalue weighted by Crippen LogP contribution is 2.21. The molecule has 0 aliphatic heterocycles. The van der Waals surface area contributed by atoms with Gasteiger partial charge in [0.25, 0.3) is 0 Å². The molecule has 1 N–H and O–H groups in total. The van der Waals surface area contributed by atoms with E-state index in [1.807, 2.05) is 0 Å². The maximum absolute atomic E-state index is 11.3. The van der Waals surface area contributed by atoms with Gasteiger partial charge in [-0.3, -0.25) is 10.1 Å². The summed E-state index contributed by atoms with van der Waals surface area (Å²) in [6.45, 7) is 1.68. The molecule has 19 heavy (non-hydrogen) atoms. The van der Waals surface area contributed by atoms with Crippen LogP contribution in [0.4, 0.5) is 10.5 Å². The Hall–Kier alpha value is -1.26. The Kier molecular flexibility index (Phi) is 8.19. The van der Waals surface area contributed by atoms with Crippen molar-refractivity contribution in [2.45, 2.75) is 20.8 Å². The van der Waals surface area contributed by atoms with E-state index >= 15 is 0 Å². The monoisotopic (exact) mass is 305 g/mol. The number of halogens is 2. The van der Waals surface area contributed by atoms with Gasteiger partial charge in [0.1, 0.15) is 0 Å². The number of benzene rings is 1. The maximum Gasteiger partial charge on any atom is 0.411 e. The van der Waals surface area contributed by atoms with E-state index in [4.69, 9.17) is 27.9 Å². The first-order valence-electron chi connectivity index (χ1n) is 5.35. The van der Waals surface area contributed by atoms with Gasteiger partial charge in [0, 0.05) is 17.1 Å². The second-order valence-electron chi connectivity index (χ2n) is 3.55. The third kappa shape index (κ3) is 5.94.